The van der Waals surface area contributed by atoms with Crippen LogP contribution in [0.5, 0.6) is 0 Å². The van der Waals surface area contributed by atoms with Crippen molar-refractivity contribution in [1.29, 1.82) is 0 Å². The minimum Gasteiger partial charge on any atom is -0.461 e. The molecule has 0 saturated carbocycles. The number of rotatable bonds is 13. The molecule has 0 saturated heterocycles. The molecule has 0 aromatic heterocycles. The molecule has 0 bridgehead atoms. The Hall–Kier alpha value is -1.97. The fraction of sp³-hybridized carbons (Fsp3) is 0.667. The Labute approximate surface area is 142 Å². The fourth-order valence-electron chi connectivity index (χ4n) is 1.88. The van der Waals surface area contributed by atoms with Gasteiger partial charge in [-0.15, -0.1) is 0 Å². The van der Waals surface area contributed by atoms with E-state index >= 15 is 0 Å². The van der Waals surface area contributed by atoms with Gasteiger partial charge in [-0.1, -0.05) is 12.7 Å². The number of esters is 1. The monoisotopic (exact) mass is 343 g/mol. The molecule has 9 heteroatoms. The lowest BCUT2D eigenvalue weighted by Crippen LogP contribution is -2.43. The molecule has 0 aliphatic carbocycles. The molecule has 24 heavy (non-hydrogen) atoms. The number of nitrogens with zero attached hydrogens (tertiary/aromatic N) is 1. The standard InChI is InChI=1S/C15H29N5O4/c1-2-11-24-14(22)5-8-19-15(23)12(18)3-4-13(21)20(9-6-16)10-7-17/h2,12H,1,3-11,16-18H2,(H,19,23)/t12-/m0/s1. The van der Waals surface area contributed by atoms with Crippen molar-refractivity contribution in [3.05, 3.63) is 12.7 Å². The molecule has 138 valence electrons. The zero-order chi connectivity index (χ0) is 18.4. The molecular formula is C15H29N5O4. The van der Waals surface area contributed by atoms with E-state index in [1.807, 2.05) is 0 Å². The second-order valence-corrected chi connectivity index (χ2v) is 5.12. The molecule has 0 heterocycles. The van der Waals surface area contributed by atoms with Crippen LogP contribution < -0.4 is 22.5 Å². The summed E-state index contributed by atoms with van der Waals surface area (Å²) in [5, 5.41) is 2.54. The Balaban J connectivity index is 4.06. The van der Waals surface area contributed by atoms with Crippen LogP contribution in [0.2, 0.25) is 0 Å². The van der Waals surface area contributed by atoms with Gasteiger partial charge in [0.25, 0.3) is 0 Å². The highest BCUT2D eigenvalue weighted by molar-refractivity contribution is 5.83. The fourth-order valence-corrected chi connectivity index (χ4v) is 1.88. The van der Waals surface area contributed by atoms with Crippen LogP contribution >= 0.6 is 0 Å². The highest BCUT2D eigenvalue weighted by Crippen LogP contribution is 2.01. The first-order chi connectivity index (χ1) is 11.5. The van der Waals surface area contributed by atoms with E-state index in [0.717, 1.165) is 0 Å². The summed E-state index contributed by atoms with van der Waals surface area (Å²) in [6, 6.07) is -0.823. The maximum atomic E-state index is 12.0. The third-order valence-electron chi connectivity index (χ3n) is 3.15. The van der Waals surface area contributed by atoms with Gasteiger partial charge in [-0.2, -0.15) is 0 Å². The topological polar surface area (TPSA) is 154 Å². The van der Waals surface area contributed by atoms with Gasteiger partial charge in [-0.25, -0.2) is 0 Å². The maximum Gasteiger partial charge on any atom is 0.307 e. The van der Waals surface area contributed by atoms with Gasteiger partial charge in [0, 0.05) is 39.1 Å². The number of ether oxygens (including phenoxy) is 1. The smallest absolute Gasteiger partial charge is 0.307 e. The Morgan fingerprint density at radius 3 is 2.33 bits per heavy atom. The predicted molar refractivity (Wildman–Crippen MR) is 90.7 cm³/mol. The van der Waals surface area contributed by atoms with E-state index in [1.54, 1.807) is 4.90 Å². The van der Waals surface area contributed by atoms with Crippen molar-refractivity contribution in [1.82, 2.24) is 10.2 Å². The van der Waals surface area contributed by atoms with Crippen LogP contribution in [-0.4, -0.2) is 68.1 Å². The Morgan fingerprint density at radius 1 is 1.17 bits per heavy atom. The third kappa shape index (κ3) is 9.93. The summed E-state index contributed by atoms with van der Waals surface area (Å²) in [5.74, 6) is -0.983. The summed E-state index contributed by atoms with van der Waals surface area (Å²) in [6.45, 7) is 5.23. The van der Waals surface area contributed by atoms with Crippen LogP contribution in [0.3, 0.4) is 0 Å². The average molecular weight is 343 g/mol. The van der Waals surface area contributed by atoms with Crippen LogP contribution in [0.25, 0.3) is 0 Å². The summed E-state index contributed by atoms with van der Waals surface area (Å²) in [7, 11) is 0. The quantitative estimate of drug-likeness (QED) is 0.224. The Morgan fingerprint density at radius 2 is 1.79 bits per heavy atom. The zero-order valence-corrected chi connectivity index (χ0v) is 14.0. The van der Waals surface area contributed by atoms with Crippen LogP contribution in [-0.2, 0) is 19.1 Å². The van der Waals surface area contributed by atoms with Gasteiger partial charge in [0.2, 0.25) is 11.8 Å². The van der Waals surface area contributed by atoms with Crippen molar-refractivity contribution in [2.75, 3.05) is 39.3 Å². The predicted octanol–water partition coefficient (Wildman–Crippen LogP) is -1.92. The zero-order valence-electron chi connectivity index (χ0n) is 14.0. The van der Waals surface area contributed by atoms with Crippen LogP contribution in [0, 0.1) is 0 Å². The maximum absolute atomic E-state index is 12.0. The minimum atomic E-state index is -0.823. The largest absolute Gasteiger partial charge is 0.461 e. The second-order valence-electron chi connectivity index (χ2n) is 5.12. The number of nitrogens with one attached hydrogen (secondary N) is 1. The van der Waals surface area contributed by atoms with Gasteiger partial charge in [0.15, 0.2) is 0 Å². The molecule has 0 aliphatic rings. The van der Waals surface area contributed by atoms with E-state index in [4.69, 9.17) is 21.9 Å². The lowest BCUT2D eigenvalue weighted by molar-refractivity contribution is -0.142. The SMILES string of the molecule is C=CCOC(=O)CCNC(=O)[C@@H](N)CCC(=O)N(CCN)CCN. The molecular weight excluding hydrogens is 314 g/mol. The first-order valence-electron chi connectivity index (χ1n) is 7.94. The molecule has 0 spiro atoms. The van der Waals surface area contributed by atoms with Gasteiger partial charge in [-0.05, 0) is 6.42 Å². The van der Waals surface area contributed by atoms with Crippen molar-refractivity contribution in [3.8, 4) is 0 Å². The Bertz CT molecular complexity index is 411. The van der Waals surface area contributed by atoms with Crippen molar-refractivity contribution in [2.45, 2.75) is 25.3 Å². The highest BCUT2D eigenvalue weighted by Gasteiger charge is 2.18. The summed E-state index contributed by atoms with van der Waals surface area (Å²) >= 11 is 0. The van der Waals surface area contributed by atoms with E-state index in [2.05, 4.69) is 11.9 Å². The second kappa shape index (κ2) is 13.5. The molecule has 0 aliphatic heterocycles. The summed E-state index contributed by atoms with van der Waals surface area (Å²) < 4.78 is 4.77. The number of nitrogens with two attached hydrogens (primary N) is 3. The van der Waals surface area contributed by atoms with E-state index in [9.17, 15) is 14.4 Å². The summed E-state index contributed by atoms with van der Waals surface area (Å²) in [6.07, 6.45) is 1.85. The first kappa shape index (κ1) is 22.0. The van der Waals surface area contributed by atoms with Crippen LogP contribution in [0.15, 0.2) is 12.7 Å². The van der Waals surface area contributed by atoms with Crippen molar-refractivity contribution < 1.29 is 19.1 Å². The van der Waals surface area contributed by atoms with Gasteiger partial charge < -0.3 is 32.2 Å². The van der Waals surface area contributed by atoms with Crippen molar-refractivity contribution in [3.63, 3.8) is 0 Å². The molecule has 2 amide bonds. The number of hydrogen-bond acceptors (Lipinski definition) is 7. The molecule has 0 fully saturated rings. The van der Waals surface area contributed by atoms with Crippen molar-refractivity contribution >= 4 is 17.8 Å². The van der Waals surface area contributed by atoms with Gasteiger partial charge in [0.1, 0.15) is 6.61 Å². The molecule has 0 aromatic carbocycles. The van der Waals surface area contributed by atoms with Crippen LogP contribution in [0.4, 0.5) is 0 Å². The molecule has 0 radical (unpaired) electrons. The molecule has 7 N–H and O–H groups in total. The Kier molecular flexibility index (Phi) is 12.4. The molecule has 9 nitrogen and oxygen atoms in total. The number of carbonyl (C=O) groups is 3. The lowest BCUT2D eigenvalue weighted by atomic mass is 10.1. The van der Waals surface area contributed by atoms with Crippen molar-refractivity contribution in [2.24, 2.45) is 17.2 Å². The van der Waals surface area contributed by atoms with Gasteiger partial charge >= 0.3 is 5.97 Å². The normalized spacial score (nSPS) is 11.5. The van der Waals surface area contributed by atoms with Gasteiger partial charge in [-0.3, -0.25) is 14.4 Å². The van der Waals surface area contributed by atoms with E-state index < -0.39 is 17.9 Å². The number of carbonyl (C=O) groups excluding carboxylic acids is 3. The lowest BCUT2D eigenvalue weighted by Gasteiger charge is -2.22. The molecule has 1 atom stereocenters. The third-order valence-corrected chi connectivity index (χ3v) is 3.15. The number of hydrogen-bond donors (Lipinski definition) is 4. The first-order valence-corrected chi connectivity index (χ1v) is 7.94. The van der Waals surface area contributed by atoms with E-state index in [1.165, 1.54) is 6.08 Å². The minimum absolute atomic E-state index is 0.0476. The van der Waals surface area contributed by atoms with Gasteiger partial charge in [0.05, 0.1) is 12.5 Å². The summed E-state index contributed by atoms with van der Waals surface area (Å²) in [4.78, 5) is 36.6. The molecule has 0 unspecified atom stereocenters. The number of amides is 2. The summed E-state index contributed by atoms with van der Waals surface area (Å²) in [5.41, 5.74) is 16.6. The van der Waals surface area contributed by atoms with Crippen LogP contribution in [0.1, 0.15) is 19.3 Å². The van der Waals surface area contributed by atoms with E-state index in [0.29, 0.717) is 26.2 Å². The molecule has 0 rings (SSSR count). The average Bonchev–Trinajstić information content (AvgIpc) is 2.57. The highest BCUT2D eigenvalue weighted by atomic mass is 16.5. The molecule has 0 aromatic rings. The van der Waals surface area contributed by atoms with E-state index in [-0.39, 0.29) is 38.3 Å².